The molecular weight excluding hydrogens is 328 g/mol. The number of rotatable bonds is 6. The predicted octanol–water partition coefficient (Wildman–Crippen LogP) is 3.41. The Labute approximate surface area is 154 Å². The van der Waals surface area contributed by atoms with Crippen molar-refractivity contribution >= 4 is 11.6 Å². The average molecular weight is 354 g/mol. The van der Waals surface area contributed by atoms with Gasteiger partial charge in [0, 0.05) is 12.1 Å². The molecule has 0 bridgehead atoms. The summed E-state index contributed by atoms with van der Waals surface area (Å²) < 4.78 is 10.7. The van der Waals surface area contributed by atoms with E-state index in [0.29, 0.717) is 12.8 Å². The van der Waals surface area contributed by atoms with Crippen LogP contribution in [0.25, 0.3) is 0 Å². The molecule has 2 aromatic rings. The van der Waals surface area contributed by atoms with Gasteiger partial charge in [0.15, 0.2) is 0 Å². The quantitative estimate of drug-likeness (QED) is 0.780. The van der Waals surface area contributed by atoms with Crippen LogP contribution in [-0.2, 0) is 17.6 Å². The first-order valence-electron chi connectivity index (χ1n) is 8.99. The molecule has 5 heteroatoms. The third-order valence-electron chi connectivity index (χ3n) is 4.93. The van der Waals surface area contributed by atoms with Crippen LogP contribution >= 0.6 is 0 Å². The Morgan fingerprint density at radius 2 is 2.04 bits per heavy atom. The Morgan fingerprint density at radius 3 is 2.81 bits per heavy atom. The smallest absolute Gasteiger partial charge is 0.220 e. The van der Waals surface area contributed by atoms with Crippen molar-refractivity contribution in [3.05, 3.63) is 53.1 Å². The van der Waals surface area contributed by atoms with Crippen molar-refractivity contribution in [2.24, 2.45) is 0 Å². The molecule has 1 aliphatic carbocycles. The zero-order chi connectivity index (χ0) is 18.5. The van der Waals surface area contributed by atoms with Crippen LogP contribution in [0.5, 0.6) is 11.5 Å². The summed E-state index contributed by atoms with van der Waals surface area (Å²) in [5.41, 5.74) is 10.1. The fourth-order valence-corrected chi connectivity index (χ4v) is 3.58. The molecule has 0 saturated heterocycles. The zero-order valence-electron chi connectivity index (χ0n) is 15.4. The number of nitrogen functional groups attached to an aromatic ring is 1. The second-order valence-corrected chi connectivity index (χ2v) is 6.65. The van der Waals surface area contributed by atoms with Gasteiger partial charge in [0.2, 0.25) is 5.91 Å². The van der Waals surface area contributed by atoms with Gasteiger partial charge in [-0.3, -0.25) is 4.79 Å². The molecule has 0 aromatic heterocycles. The molecular formula is C21H26N2O3. The highest BCUT2D eigenvalue weighted by Crippen LogP contribution is 2.31. The van der Waals surface area contributed by atoms with Crippen LogP contribution in [-0.4, -0.2) is 20.1 Å². The van der Waals surface area contributed by atoms with Crippen LogP contribution in [0.4, 0.5) is 5.69 Å². The first-order valence-corrected chi connectivity index (χ1v) is 8.99. The summed E-state index contributed by atoms with van der Waals surface area (Å²) in [7, 11) is 3.27. The van der Waals surface area contributed by atoms with E-state index in [1.807, 2.05) is 36.4 Å². The number of carbonyl (C=O) groups is 1. The highest BCUT2D eigenvalue weighted by molar-refractivity contribution is 5.77. The largest absolute Gasteiger partial charge is 0.497 e. The molecule has 0 heterocycles. The molecule has 3 N–H and O–H groups in total. The van der Waals surface area contributed by atoms with E-state index in [-0.39, 0.29) is 11.9 Å². The predicted molar refractivity (Wildman–Crippen MR) is 103 cm³/mol. The molecule has 1 unspecified atom stereocenters. The van der Waals surface area contributed by atoms with Gasteiger partial charge in [-0.05, 0) is 72.7 Å². The van der Waals surface area contributed by atoms with E-state index in [2.05, 4.69) is 5.32 Å². The summed E-state index contributed by atoms with van der Waals surface area (Å²) in [6.07, 6.45) is 4.06. The van der Waals surface area contributed by atoms with Crippen molar-refractivity contribution in [2.45, 2.75) is 38.1 Å². The lowest BCUT2D eigenvalue weighted by molar-refractivity contribution is -0.121. The van der Waals surface area contributed by atoms with Crippen molar-refractivity contribution in [1.82, 2.24) is 5.32 Å². The summed E-state index contributed by atoms with van der Waals surface area (Å²) in [4.78, 5) is 12.5. The van der Waals surface area contributed by atoms with Gasteiger partial charge < -0.3 is 20.5 Å². The van der Waals surface area contributed by atoms with Crippen molar-refractivity contribution in [2.75, 3.05) is 20.0 Å². The lowest BCUT2D eigenvalue weighted by Crippen LogP contribution is -2.31. The average Bonchev–Trinajstić information content (AvgIpc) is 2.66. The molecule has 0 fully saturated rings. The molecule has 0 saturated carbocycles. The van der Waals surface area contributed by atoms with E-state index < -0.39 is 0 Å². The Hall–Kier alpha value is -2.69. The van der Waals surface area contributed by atoms with E-state index >= 15 is 0 Å². The second-order valence-electron chi connectivity index (χ2n) is 6.65. The monoisotopic (exact) mass is 354 g/mol. The number of methoxy groups -OCH3 is 2. The van der Waals surface area contributed by atoms with Gasteiger partial charge in [-0.25, -0.2) is 0 Å². The van der Waals surface area contributed by atoms with E-state index in [4.69, 9.17) is 15.2 Å². The third kappa shape index (κ3) is 4.10. The van der Waals surface area contributed by atoms with Gasteiger partial charge in [-0.2, -0.15) is 0 Å². The number of amides is 1. The molecule has 0 radical (unpaired) electrons. The van der Waals surface area contributed by atoms with Crippen LogP contribution in [0.3, 0.4) is 0 Å². The Kier molecular flexibility index (Phi) is 5.66. The Morgan fingerprint density at radius 1 is 1.19 bits per heavy atom. The minimum absolute atomic E-state index is 0.0459. The summed E-state index contributed by atoms with van der Waals surface area (Å²) in [5, 5.41) is 3.18. The van der Waals surface area contributed by atoms with E-state index in [1.165, 1.54) is 11.1 Å². The van der Waals surface area contributed by atoms with Gasteiger partial charge in [-0.1, -0.05) is 6.07 Å². The number of hydrogen-bond donors (Lipinski definition) is 2. The fraction of sp³-hybridized carbons (Fsp3) is 0.381. The van der Waals surface area contributed by atoms with Crippen molar-refractivity contribution < 1.29 is 14.3 Å². The molecule has 1 amide bonds. The molecule has 0 spiro atoms. The Bertz CT molecular complexity index is 789. The van der Waals surface area contributed by atoms with Gasteiger partial charge >= 0.3 is 0 Å². The summed E-state index contributed by atoms with van der Waals surface area (Å²) in [6, 6.07) is 11.7. The van der Waals surface area contributed by atoms with E-state index in [1.54, 1.807) is 14.2 Å². The third-order valence-corrected chi connectivity index (χ3v) is 4.93. The second kappa shape index (κ2) is 8.13. The highest BCUT2D eigenvalue weighted by atomic mass is 16.5. The number of ether oxygens (including phenoxy) is 2. The number of aryl methyl sites for hydroxylation is 2. The van der Waals surface area contributed by atoms with Gasteiger partial charge in [0.25, 0.3) is 0 Å². The van der Waals surface area contributed by atoms with Crippen LogP contribution in [0.2, 0.25) is 0 Å². The standard InChI is InChI=1S/C21H26N2O3/c1-25-17-8-10-20(26-2)15(13-17)6-11-21(24)23-19-5-3-4-14-12-16(22)7-9-18(14)19/h7-10,12-13,19H,3-6,11,22H2,1-2H3,(H,23,24). The number of hydrogen-bond acceptors (Lipinski definition) is 4. The molecule has 1 atom stereocenters. The first-order chi connectivity index (χ1) is 12.6. The minimum Gasteiger partial charge on any atom is -0.497 e. The van der Waals surface area contributed by atoms with E-state index in [0.717, 1.165) is 42.0 Å². The minimum atomic E-state index is 0.0459. The topological polar surface area (TPSA) is 73.6 Å². The molecule has 3 rings (SSSR count). The number of benzene rings is 2. The number of nitrogens with one attached hydrogen (secondary N) is 1. The normalized spacial score (nSPS) is 15.8. The first kappa shape index (κ1) is 18.1. The lowest BCUT2D eigenvalue weighted by atomic mass is 9.87. The molecule has 138 valence electrons. The maximum absolute atomic E-state index is 12.5. The molecule has 26 heavy (non-hydrogen) atoms. The molecule has 2 aromatic carbocycles. The van der Waals surface area contributed by atoms with Gasteiger partial charge in [0.1, 0.15) is 11.5 Å². The number of fused-ring (bicyclic) bond motifs is 1. The number of anilines is 1. The summed E-state index contributed by atoms with van der Waals surface area (Å²) in [5.74, 6) is 1.58. The molecule has 5 nitrogen and oxygen atoms in total. The molecule has 0 aliphatic heterocycles. The van der Waals surface area contributed by atoms with E-state index in [9.17, 15) is 4.79 Å². The maximum atomic E-state index is 12.5. The van der Waals surface area contributed by atoms with Crippen LogP contribution in [0, 0.1) is 0 Å². The highest BCUT2D eigenvalue weighted by Gasteiger charge is 2.22. The number of carbonyl (C=O) groups excluding carboxylic acids is 1. The van der Waals surface area contributed by atoms with Gasteiger partial charge in [-0.15, -0.1) is 0 Å². The van der Waals surface area contributed by atoms with Crippen LogP contribution in [0.1, 0.15) is 42.0 Å². The van der Waals surface area contributed by atoms with Crippen molar-refractivity contribution in [3.8, 4) is 11.5 Å². The summed E-state index contributed by atoms with van der Waals surface area (Å²) in [6.45, 7) is 0. The van der Waals surface area contributed by atoms with Crippen molar-refractivity contribution in [1.29, 1.82) is 0 Å². The lowest BCUT2D eigenvalue weighted by Gasteiger charge is -2.26. The molecule has 1 aliphatic rings. The Balaban J connectivity index is 1.64. The van der Waals surface area contributed by atoms with Crippen LogP contribution < -0.4 is 20.5 Å². The number of nitrogens with two attached hydrogens (primary N) is 1. The summed E-state index contributed by atoms with van der Waals surface area (Å²) >= 11 is 0. The SMILES string of the molecule is COc1ccc(OC)c(CCC(=O)NC2CCCc3cc(N)ccc32)c1. The van der Waals surface area contributed by atoms with Gasteiger partial charge in [0.05, 0.1) is 20.3 Å². The van der Waals surface area contributed by atoms with Crippen LogP contribution in [0.15, 0.2) is 36.4 Å². The zero-order valence-corrected chi connectivity index (χ0v) is 15.4. The fourth-order valence-electron chi connectivity index (χ4n) is 3.58. The van der Waals surface area contributed by atoms with Crippen molar-refractivity contribution in [3.63, 3.8) is 0 Å². The maximum Gasteiger partial charge on any atom is 0.220 e.